The Labute approximate surface area is 99.1 Å². The van der Waals surface area contributed by atoms with Crippen LogP contribution in [0.5, 0.6) is 5.75 Å². The predicted octanol–water partition coefficient (Wildman–Crippen LogP) is 1.67. The average Bonchev–Trinajstić information content (AvgIpc) is 2.27. The van der Waals surface area contributed by atoms with E-state index in [9.17, 15) is 10.2 Å². The molecule has 0 amide bonds. The molecule has 2 N–H and O–H groups in total. The second kappa shape index (κ2) is 5.61. The highest BCUT2D eigenvalue weighted by molar-refractivity contribution is 7.80. The summed E-state index contributed by atoms with van der Waals surface area (Å²) in [6.07, 6.45) is -1.88. The van der Waals surface area contributed by atoms with E-state index in [1.807, 2.05) is 0 Å². The summed E-state index contributed by atoms with van der Waals surface area (Å²) in [6, 6.07) is 4.85. The van der Waals surface area contributed by atoms with Gasteiger partial charge in [-0.05, 0) is 17.7 Å². The van der Waals surface area contributed by atoms with Crippen molar-refractivity contribution in [1.82, 2.24) is 0 Å². The Kier molecular flexibility index (Phi) is 4.73. The van der Waals surface area contributed by atoms with Crippen LogP contribution < -0.4 is 4.74 Å². The van der Waals surface area contributed by atoms with Gasteiger partial charge in [0.1, 0.15) is 11.9 Å². The number of aliphatic hydroxyl groups is 2. The van der Waals surface area contributed by atoms with Crippen molar-refractivity contribution in [3.8, 4) is 5.75 Å². The van der Waals surface area contributed by atoms with Gasteiger partial charge >= 0.3 is 0 Å². The summed E-state index contributed by atoms with van der Waals surface area (Å²) < 4.78 is 5.01. The van der Waals surface area contributed by atoms with Crippen LogP contribution in [0, 0.1) is 0 Å². The van der Waals surface area contributed by atoms with Gasteiger partial charge in [-0.1, -0.05) is 17.7 Å². The van der Waals surface area contributed by atoms with Gasteiger partial charge in [0.05, 0.1) is 18.2 Å². The van der Waals surface area contributed by atoms with Crippen molar-refractivity contribution in [2.45, 2.75) is 12.2 Å². The molecule has 0 saturated heterocycles. The van der Waals surface area contributed by atoms with Crippen LogP contribution >= 0.6 is 24.2 Å². The fraction of sp³-hybridized carbons (Fsp3) is 0.400. The Morgan fingerprint density at radius 3 is 2.67 bits per heavy atom. The van der Waals surface area contributed by atoms with Gasteiger partial charge in [0.2, 0.25) is 0 Å². The zero-order chi connectivity index (χ0) is 11.4. The highest BCUT2D eigenvalue weighted by atomic mass is 35.5. The fourth-order valence-electron chi connectivity index (χ4n) is 1.18. The molecule has 1 aromatic carbocycles. The molecule has 0 heterocycles. The van der Waals surface area contributed by atoms with Crippen LogP contribution in [0.25, 0.3) is 0 Å². The SMILES string of the molecule is COc1cc(C(O)C(O)CS)ccc1Cl. The number of methoxy groups -OCH3 is 1. The van der Waals surface area contributed by atoms with Gasteiger partial charge in [-0.3, -0.25) is 0 Å². The zero-order valence-corrected chi connectivity index (χ0v) is 9.87. The van der Waals surface area contributed by atoms with Crippen molar-refractivity contribution in [2.24, 2.45) is 0 Å². The third-order valence-corrected chi connectivity index (χ3v) is 2.75. The van der Waals surface area contributed by atoms with E-state index in [0.717, 1.165) is 0 Å². The molecule has 0 aromatic heterocycles. The third kappa shape index (κ3) is 3.01. The quantitative estimate of drug-likeness (QED) is 0.711. The number of benzene rings is 1. The van der Waals surface area contributed by atoms with Crippen molar-refractivity contribution in [3.05, 3.63) is 28.8 Å². The van der Waals surface area contributed by atoms with Crippen LogP contribution in [0.2, 0.25) is 5.02 Å². The van der Waals surface area contributed by atoms with Crippen LogP contribution in [0.1, 0.15) is 11.7 Å². The van der Waals surface area contributed by atoms with Gasteiger partial charge in [0.15, 0.2) is 0 Å². The molecule has 84 valence electrons. The minimum atomic E-state index is -0.978. The highest BCUT2D eigenvalue weighted by Gasteiger charge is 2.17. The van der Waals surface area contributed by atoms with Crippen molar-refractivity contribution < 1.29 is 14.9 Å². The molecule has 0 bridgehead atoms. The summed E-state index contributed by atoms with van der Waals surface area (Å²) in [5.41, 5.74) is 0.554. The molecule has 2 atom stereocenters. The zero-order valence-electron chi connectivity index (χ0n) is 8.22. The maximum absolute atomic E-state index is 9.70. The number of halogens is 1. The number of rotatable bonds is 4. The standard InChI is InChI=1S/C10H13ClO3S/c1-14-9-4-6(2-3-7(9)11)10(13)8(12)5-15/h2-4,8,10,12-13,15H,5H2,1H3. The van der Waals surface area contributed by atoms with E-state index in [1.165, 1.54) is 7.11 Å². The van der Waals surface area contributed by atoms with Crippen molar-refractivity contribution in [2.75, 3.05) is 12.9 Å². The lowest BCUT2D eigenvalue weighted by molar-refractivity contribution is 0.0336. The van der Waals surface area contributed by atoms with Crippen LogP contribution in [-0.2, 0) is 0 Å². The normalized spacial score (nSPS) is 14.7. The van der Waals surface area contributed by atoms with Gasteiger partial charge in [-0.2, -0.15) is 12.6 Å². The van der Waals surface area contributed by atoms with E-state index in [4.69, 9.17) is 16.3 Å². The topological polar surface area (TPSA) is 49.7 Å². The molecule has 0 aliphatic carbocycles. The first kappa shape index (κ1) is 12.6. The summed E-state index contributed by atoms with van der Waals surface area (Å²) in [7, 11) is 1.49. The molecule has 1 aromatic rings. The van der Waals surface area contributed by atoms with Crippen molar-refractivity contribution in [3.63, 3.8) is 0 Å². The van der Waals surface area contributed by atoms with Crippen LogP contribution in [0.4, 0.5) is 0 Å². The van der Waals surface area contributed by atoms with Gasteiger partial charge < -0.3 is 14.9 Å². The van der Waals surface area contributed by atoms with E-state index < -0.39 is 12.2 Å². The first-order valence-electron chi connectivity index (χ1n) is 4.40. The third-order valence-electron chi connectivity index (χ3n) is 2.07. The van der Waals surface area contributed by atoms with Gasteiger partial charge in [0.25, 0.3) is 0 Å². The first-order chi connectivity index (χ1) is 7.10. The summed E-state index contributed by atoms with van der Waals surface area (Å²) in [6.45, 7) is 0. The fourth-order valence-corrected chi connectivity index (χ4v) is 1.58. The summed E-state index contributed by atoms with van der Waals surface area (Å²) >= 11 is 9.74. The molecule has 0 aliphatic heterocycles. The summed E-state index contributed by atoms with van der Waals surface area (Å²) in [4.78, 5) is 0. The molecule has 0 radical (unpaired) electrons. The predicted molar refractivity (Wildman–Crippen MR) is 62.8 cm³/mol. The number of aliphatic hydroxyl groups excluding tert-OH is 2. The molecule has 2 unspecified atom stereocenters. The van der Waals surface area contributed by atoms with Crippen LogP contribution in [-0.4, -0.2) is 29.2 Å². The molecule has 0 saturated carbocycles. The van der Waals surface area contributed by atoms with Crippen LogP contribution in [0.3, 0.4) is 0 Å². The second-order valence-corrected chi connectivity index (χ2v) is 3.86. The lowest BCUT2D eigenvalue weighted by atomic mass is 10.1. The van der Waals surface area contributed by atoms with E-state index in [0.29, 0.717) is 16.3 Å². The second-order valence-electron chi connectivity index (χ2n) is 3.09. The lowest BCUT2D eigenvalue weighted by Crippen LogP contribution is -2.19. The van der Waals surface area contributed by atoms with Crippen molar-refractivity contribution in [1.29, 1.82) is 0 Å². The Bertz CT molecular complexity index is 332. The largest absolute Gasteiger partial charge is 0.495 e. The Morgan fingerprint density at radius 1 is 1.47 bits per heavy atom. The molecule has 0 fully saturated rings. The van der Waals surface area contributed by atoms with Gasteiger partial charge in [0, 0.05) is 5.75 Å². The molecular formula is C10H13ClO3S. The Balaban J connectivity index is 2.95. The molecule has 0 aliphatic rings. The minimum Gasteiger partial charge on any atom is -0.495 e. The maximum Gasteiger partial charge on any atom is 0.137 e. The van der Waals surface area contributed by atoms with Crippen LogP contribution in [0.15, 0.2) is 18.2 Å². The average molecular weight is 249 g/mol. The molecular weight excluding hydrogens is 236 g/mol. The molecule has 15 heavy (non-hydrogen) atoms. The molecule has 1 rings (SSSR count). The summed E-state index contributed by atoms with van der Waals surface area (Å²) in [5, 5.41) is 19.6. The lowest BCUT2D eigenvalue weighted by Gasteiger charge is -2.17. The highest BCUT2D eigenvalue weighted by Crippen LogP contribution is 2.28. The number of ether oxygens (including phenoxy) is 1. The maximum atomic E-state index is 9.70. The Morgan fingerprint density at radius 2 is 2.13 bits per heavy atom. The number of hydrogen-bond acceptors (Lipinski definition) is 4. The van der Waals surface area contributed by atoms with Gasteiger partial charge in [-0.25, -0.2) is 0 Å². The number of thiol groups is 1. The Hall–Kier alpha value is -0.420. The monoisotopic (exact) mass is 248 g/mol. The molecule has 5 heteroatoms. The first-order valence-corrected chi connectivity index (χ1v) is 5.41. The molecule has 3 nitrogen and oxygen atoms in total. The minimum absolute atomic E-state index is 0.187. The summed E-state index contributed by atoms with van der Waals surface area (Å²) in [5.74, 6) is 0.658. The van der Waals surface area contributed by atoms with E-state index in [-0.39, 0.29) is 5.75 Å². The van der Waals surface area contributed by atoms with Gasteiger partial charge in [-0.15, -0.1) is 0 Å². The van der Waals surface area contributed by atoms with Crippen molar-refractivity contribution >= 4 is 24.2 Å². The van der Waals surface area contributed by atoms with E-state index in [2.05, 4.69) is 12.6 Å². The molecule has 0 spiro atoms. The number of hydrogen-bond donors (Lipinski definition) is 3. The smallest absolute Gasteiger partial charge is 0.137 e. The van der Waals surface area contributed by atoms with E-state index in [1.54, 1.807) is 18.2 Å². The van der Waals surface area contributed by atoms with E-state index >= 15 is 0 Å².